The third kappa shape index (κ3) is 7.55. The number of likely N-dealkylation sites (tertiary alicyclic amines) is 1. The Morgan fingerprint density at radius 1 is 1.06 bits per heavy atom. The third-order valence-corrected chi connectivity index (χ3v) is 9.39. The van der Waals surface area contributed by atoms with E-state index in [4.69, 9.17) is 14.2 Å². The van der Waals surface area contributed by atoms with E-state index in [-0.39, 0.29) is 48.2 Å². The number of fused-ring (bicyclic) bond motifs is 1. The standard InChI is InChI=1S/C39H44N4O7/c1-39(2,3)50-38(47)41-17-15-31(27-8-5-7-25(19-27)26-9-13-34(44)28(20-26)22-40)32(23-41)37(46)43(29-10-11-29)30-12-14-35-33(21-30)42(16-6-18-48-4)36(45)24-49-35/h5,7-9,12-14,19-21,29,31-32,44H,6,10-11,15-18,23-24H2,1-4H3/t31-,32+/m1/s1. The molecule has 11 nitrogen and oxygen atoms in total. The number of ether oxygens (including phenoxy) is 3. The van der Waals surface area contributed by atoms with Gasteiger partial charge < -0.3 is 34.0 Å². The molecule has 0 unspecified atom stereocenters. The van der Waals surface area contributed by atoms with E-state index in [2.05, 4.69) is 0 Å². The number of carbonyl (C=O) groups is 3. The molecule has 0 radical (unpaired) electrons. The van der Waals surface area contributed by atoms with Crippen molar-refractivity contribution in [3.05, 3.63) is 71.8 Å². The highest BCUT2D eigenvalue weighted by molar-refractivity contribution is 6.01. The van der Waals surface area contributed by atoms with Crippen molar-refractivity contribution in [2.45, 2.75) is 64.0 Å². The maximum Gasteiger partial charge on any atom is 0.410 e. The van der Waals surface area contributed by atoms with Gasteiger partial charge in [-0.1, -0.05) is 30.3 Å². The third-order valence-electron chi connectivity index (χ3n) is 9.39. The number of piperidine rings is 1. The number of hydrogen-bond donors (Lipinski definition) is 1. The molecule has 1 N–H and O–H groups in total. The van der Waals surface area contributed by atoms with Crippen LogP contribution >= 0.6 is 0 Å². The second-order valence-corrected chi connectivity index (χ2v) is 14.2. The molecular formula is C39H44N4O7. The number of benzene rings is 3. The molecule has 2 heterocycles. The zero-order valence-corrected chi connectivity index (χ0v) is 29.1. The molecule has 2 atom stereocenters. The molecule has 1 aliphatic carbocycles. The quantitative estimate of drug-likeness (QED) is 0.263. The Labute approximate surface area is 292 Å². The summed E-state index contributed by atoms with van der Waals surface area (Å²) in [5.74, 6) is -0.543. The van der Waals surface area contributed by atoms with E-state index in [1.54, 1.807) is 29.0 Å². The zero-order valence-electron chi connectivity index (χ0n) is 29.1. The second kappa shape index (κ2) is 14.4. The van der Waals surface area contributed by atoms with Crippen molar-refractivity contribution in [1.29, 1.82) is 5.26 Å². The van der Waals surface area contributed by atoms with Crippen LogP contribution in [0.4, 0.5) is 16.2 Å². The number of nitriles is 1. The molecule has 3 aromatic carbocycles. The van der Waals surface area contributed by atoms with E-state index in [9.17, 15) is 24.8 Å². The number of rotatable bonds is 9. The van der Waals surface area contributed by atoms with E-state index in [0.29, 0.717) is 49.7 Å². The Balaban J connectivity index is 1.36. The normalized spacial score (nSPS) is 18.9. The van der Waals surface area contributed by atoms with Gasteiger partial charge in [0.2, 0.25) is 5.91 Å². The van der Waals surface area contributed by atoms with E-state index in [1.165, 1.54) is 6.07 Å². The van der Waals surface area contributed by atoms with Crippen LogP contribution in [0.3, 0.4) is 0 Å². The van der Waals surface area contributed by atoms with E-state index in [0.717, 1.165) is 29.5 Å². The number of anilines is 2. The summed E-state index contributed by atoms with van der Waals surface area (Å²) in [4.78, 5) is 46.5. The number of phenolic OH excluding ortho intramolecular Hbond substituents is 1. The summed E-state index contributed by atoms with van der Waals surface area (Å²) in [6.45, 7) is 7.00. The van der Waals surface area contributed by atoms with Crippen molar-refractivity contribution < 1.29 is 33.7 Å². The van der Waals surface area contributed by atoms with Crippen LogP contribution in [0.5, 0.6) is 11.5 Å². The van der Waals surface area contributed by atoms with Gasteiger partial charge >= 0.3 is 6.09 Å². The SMILES string of the molecule is COCCCN1C(=O)COc2ccc(N(C(=O)[C@H]3CN(C(=O)OC(C)(C)C)CC[C@@H]3c3cccc(-c4ccc(O)c(C#N)c4)c3)C3CC3)cc21. The number of hydrogen-bond acceptors (Lipinski definition) is 8. The minimum absolute atomic E-state index is 0.00649. The van der Waals surface area contributed by atoms with Crippen LogP contribution in [0.25, 0.3) is 11.1 Å². The van der Waals surface area contributed by atoms with Gasteiger partial charge in [0.05, 0.1) is 17.2 Å². The van der Waals surface area contributed by atoms with Crippen molar-refractivity contribution in [3.8, 4) is 28.7 Å². The van der Waals surface area contributed by atoms with Gasteiger partial charge in [0.15, 0.2) is 6.61 Å². The first-order valence-corrected chi connectivity index (χ1v) is 17.2. The van der Waals surface area contributed by atoms with Crippen molar-refractivity contribution in [1.82, 2.24) is 4.90 Å². The molecule has 0 bridgehead atoms. The van der Waals surface area contributed by atoms with Gasteiger partial charge in [-0.2, -0.15) is 5.26 Å². The van der Waals surface area contributed by atoms with Crippen molar-refractivity contribution in [3.63, 3.8) is 0 Å². The number of nitrogens with zero attached hydrogens (tertiary/aromatic N) is 4. The lowest BCUT2D eigenvalue weighted by Crippen LogP contribution is -2.51. The van der Waals surface area contributed by atoms with E-state index >= 15 is 0 Å². The van der Waals surface area contributed by atoms with Gasteiger partial charge in [-0.3, -0.25) is 9.59 Å². The van der Waals surface area contributed by atoms with Crippen LogP contribution in [0, 0.1) is 17.2 Å². The highest BCUT2D eigenvalue weighted by atomic mass is 16.6. The fourth-order valence-corrected chi connectivity index (χ4v) is 6.83. The fraction of sp³-hybridized carbons (Fsp3) is 0.436. The Morgan fingerprint density at radius 2 is 1.84 bits per heavy atom. The number of aromatic hydroxyl groups is 1. The molecule has 2 fully saturated rings. The minimum Gasteiger partial charge on any atom is -0.507 e. The lowest BCUT2D eigenvalue weighted by Gasteiger charge is -2.41. The topological polar surface area (TPSA) is 133 Å². The molecule has 0 aromatic heterocycles. The predicted molar refractivity (Wildman–Crippen MR) is 188 cm³/mol. The molecule has 262 valence electrons. The largest absolute Gasteiger partial charge is 0.507 e. The first kappa shape index (κ1) is 34.8. The first-order chi connectivity index (χ1) is 24.0. The monoisotopic (exact) mass is 680 g/mol. The molecule has 50 heavy (non-hydrogen) atoms. The highest BCUT2D eigenvalue weighted by Gasteiger charge is 2.44. The van der Waals surface area contributed by atoms with Gasteiger partial charge in [-0.15, -0.1) is 0 Å². The van der Waals surface area contributed by atoms with Crippen molar-refractivity contribution in [2.75, 3.05) is 49.8 Å². The summed E-state index contributed by atoms with van der Waals surface area (Å²) in [5.41, 5.74) is 3.37. The van der Waals surface area contributed by atoms with Crippen LogP contribution in [0.2, 0.25) is 0 Å². The summed E-state index contributed by atoms with van der Waals surface area (Å²) in [6, 6.07) is 20.4. The average Bonchev–Trinajstić information content (AvgIpc) is 3.94. The summed E-state index contributed by atoms with van der Waals surface area (Å²) in [5, 5.41) is 19.6. The van der Waals surface area contributed by atoms with Gasteiger partial charge in [0, 0.05) is 45.1 Å². The van der Waals surface area contributed by atoms with Gasteiger partial charge in [0.25, 0.3) is 5.91 Å². The van der Waals surface area contributed by atoms with E-state index in [1.807, 2.05) is 74.2 Å². The van der Waals surface area contributed by atoms with Crippen LogP contribution in [0.1, 0.15) is 63.5 Å². The average molecular weight is 681 g/mol. The molecule has 2 aliphatic heterocycles. The lowest BCUT2D eigenvalue weighted by molar-refractivity contribution is -0.124. The molecule has 6 rings (SSSR count). The van der Waals surface area contributed by atoms with Gasteiger partial charge in [-0.25, -0.2) is 4.79 Å². The molecule has 1 saturated carbocycles. The molecule has 3 aliphatic rings. The van der Waals surface area contributed by atoms with Crippen molar-refractivity contribution >= 4 is 29.3 Å². The molecule has 3 amide bonds. The summed E-state index contributed by atoms with van der Waals surface area (Å²) < 4.78 is 16.7. The maximum absolute atomic E-state index is 15.0. The van der Waals surface area contributed by atoms with Crippen LogP contribution in [-0.2, 0) is 19.1 Å². The van der Waals surface area contributed by atoms with Crippen LogP contribution in [-0.4, -0.2) is 79.5 Å². The smallest absolute Gasteiger partial charge is 0.410 e. The number of methoxy groups -OCH3 is 1. The number of carbonyl (C=O) groups excluding carboxylic acids is 3. The summed E-state index contributed by atoms with van der Waals surface area (Å²) >= 11 is 0. The minimum atomic E-state index is -0.689. The fourth-order valence-electron chi connectivity index (χ4n) is 6.83. The van der Waals surface area contributed by atoms with Crippen LogP contribution < -0.4 is 14.5 Å². The number of amides is 3. The Bertz CT molecular complexity index is 1810. The molecule has 3 aromatic rings. The van der Waals surface area contributed by atoms with Crippen LogP contribution in [0.15, 0.2) is 60.7 Å². The van der Waals surface area contributed by atoms with Crippen molar-refractivity contribution in [2.24, 2.45) is 5.92 Å². The molecule has 0 spiro atoms. The maximum atomic E-state index is 15.0. The summed E-state index contributed by atoms with van der Waals surface area (Å²) in [7, 11) is 1.63. The Hall–Kier alpha value is -5.08. The zero-order chi connectivity index (χ0) is 35.6. The summed E-state index contributed by atoms with van der Waals surface area (Å²) in [6.07, 6.45) is 2.43. The van der Waals surface area contributed by atoms with Gasteiger partial charge in [0.1, 0.15) is 23.2 Å². The highest BCUT2D eigenvalue weighted by Crippen LogP contribution is 2.43. The van der Waals surface area contributed by atoms with Gasteiger partial charge in [-0.05, 0) is 99.4 Å². The number of phenols is 1. The van der Waals surface area contributed by atoms with E-state index < -0.39 is 17.6 Å². The first-order valence-electron chi connectivity index (χ1n) is 17.2. The molecule has 11 heteroatoms. The predicted octanol–water partition coefficient (Wildman–Crippen LogP) is 6.23. The lowest BCUT2D eigenvalue weighted by atomic mass is 9.78. The molecule has 1 saturated heterocycles. The Kier molecular flexibility index (Phi) is 10.0. The Morgan fingerprint density at radius 3 is 2.56 bits per heavy atom. The molecular weight excluding hydrogens is 636 g/mol. The second-order valence-electron chi connectivity index (χ2n) is 14.2.